The first-order valence-corrected chi connectivity index (χ1v) is 12.4. The molecule has 2 aromatic rings. The number of carbonyl (C=O) groups is 4. The Balaban J connectivity index is 1.39. The molecule has 2 N–H and O–H groups in total. The molecule has 1 aliphatic heterocycles. The molecule has 1 fully saturated rings. The van der Waals surface area contributed by atoms with E-state index in [0.29, 0.717) is 24.2 Å². The second-order valence-electron chi connectivity index (χ2n) is 7.86. The number of carboxylic acids is 1. The quantitative estimate of drug-likeness (QED) is 0.302. The van der Waals surface area contributed by atoms with Gasteiger partial charge in [-0.05, 0) is 84.0 Å². The Bertz CT molecular complexity index is 1120. The van der Waals surface area contributed by atoms with E-state index in [9.17, 15) is 24.3 Å². The van der Waals surface area contributed by atoms with Crippen molar-refractivity contribution in [3.8, 4) is 0 Å². The third kappa shape index (κ3) is 5.30. The number of aliphatic carboxylic acids is 1. The van der Waals surface area contributed by atoms with E-state index >= 15 is 0 Å². The fraction of sp³-hybridized carbons (Fsp3) is 0.250. The minimum Gasteiger partial charge on any atom is -0.481 e. The van der Waals surface area contributed by atoms with Crippen LogP contribution in [0.4, 0.5) is 11.4 Å². The Morgan fingerprint density at radius 2 is 1.61 bits per heavy atom. The van der Waals surface area contributed by atoms with Gasteiger partial charge in [-0.15, -0.1) is 11.8 Å². The molecule has 3 amide bonds. The molecule has 0 spiro atoms. The number of benzene rings is 2. The monoisotopic (exact) mass is 576 g/mol. The van der Waals surface area contributed by atoms with Gasteiger partial charge in [0.2, 0.25) is 17.7 Å². The fourth-order valence-electron chi connectivity index (χ4n) is 3.95. The molecule has 1 heterocycles. The molecule has 2 aromatic carbocycles. The van der Waals surface area contributed by atoms with Gasteiger partial charge in [-0.1, -0.05) is 12.2 Å². The highest BCUT2D eigenvalue weighted by Crippen LogP contribution is 2.35. The number of thioether (sulfide) groups is 1. The van der Waals surface area contributed by atoms with E-state index in [4.69, 9.17) is 0 Å². The van der Waals surface area contributed by atoms with E-state index in [1.807, 2.05) is 18.2 Å². The maximum Gasteiger partial charge on any atom is 0.307 e. The lowest BCUT2D eigenvalue weighted by Gasteiger charge is -2.24. The first-order chi connectivity index (χ1) is 15.8. The van der Waals surface area contributed by atoms with Crippen LogP contribution in [-0.2, 0) is 19.2 Å². The van der Waals surface area contributed by atoms with Gasteiger partial charge >= 0.3 is 5.97 Å². The van der Waals surface area contributed by atoms with Gasteiger partial charge in [-0.2, -0.15) is 0 Å². The summed E-state index contributed by atoms with van der Waals surface area (Å²) in [6.45, 7) is 0. The molecule has 0 aromatic heterocycles. The molecular weight excluding hydrogens is 555 g/mol. The second-order valence-corrected chi connectivity index (χ2v) is 10.4. The number of nitrogens with one attached hydrogen (secondary N) is 1. The largest absolute Gasteiger partial charge is 0.481 e. The van der Waals surface area contributed by atoms with E-state index in [-0.39, 0.29) is 24.1 Å². The molecule has 4 rings (SSSR count). The van der Waals surface area contributed by atoms with Crippen molar-refractivity contribution < 1.29 is 24.3 Å². The van der Waals surface area contributed by atoms with Gasteiger partial charge < -0.3 is 10.4 Å². The maximum atomic E-state index is 12.9. The van der Waals surface area contributed by atoms with Crippen LogP contribution < -0.4 is 10.2 Å². The van der Waals surface area contributed by atoms with Crippen LogP contribution in [-0.4, -0.2) is 34.0 Å². The van der Waals surface area contributed by atoms with E-state index in [0.717, 1.165) is 8.47 Å². The molecule has 1 saturated heterocycles. The average Bonchev–Trinajstić information content (AvgIpc) is 3.08. The summed E-state index contributed by atoms with van der Waals surface area (Å²) in [5, 5.41) is 11.6. The zero-order valence-electron chi connectivity index (χ0n) is 17.4. The molecule has 33 heavy (non-hydrogen) atoms. The van der Waals surface area contributed by atoms with Gasteiger partial charge in [-0.3, -0.25) is 19.2 Å². The van der Waals surface area contributed by atoms with Crippen LogP contribution in [0.2, 0.25) is 0 Å². The summed E-state index contributed by atoms with van der Waals surface area (Å²) in [5.41, 5.74) is 1.13. The van der Waals surface area contributed by atoms with Crippen molar-refractivity contribution in [1.29, 1.82) is 0 Å². The van der Waals surface area contributed by atoms with Crippen molar-refractivity contribution in [2.75, 3.05) is 10.2 Å². The second kappa shape index (κ2) is 10.1. The van der Waals surface area contributed by atoms with Crippen molar-refractivity contribution in [3.63, 3.8) is 0 Å². The summed E-state index contributed by atoms with van der Waals surface area (Å²) in [7, 11) is 0. The summed E-state index contributed by atoms with van der Waals surface area (Å²) in [4.78, 5) is 51.4. The van der Waals surface area contributed by atoms with Gasteiger partial charge in [0, 0.05) is 20.6 Å². The highest BCUT2D eigenvalue weighted by atomic mass is 127. The fourth-order valence-corrected chi connectivity index (χ4v) is 5.36. The molecule has 2 aliphatic rings. The van der Waals surface area contributed by atoms with Crippen LogP contribution in [0.5, 0.6) is 0 Å². The standard InChI is InChI=1S/C24H21IN2O5S/c25-14-5-9-16(10-6-14)27-21(28)13-20(23(27)30)33-17-11-7-15(8-12-17)26-22(29)18-3-1-2-4-19(18)24(31)32/h1-2,5-12,18-20H,3-4,13H2,(H,26,29)(H,31,32)/t18-,19+,20-/m0/s1. The zero-order valence-corrected chi connectivity index (χ0v) is 20.4. The van der Waals surface area contributed by atoms with E-state index in [1.54, 1.807) is 42.5 Å². The average molecular weight is 576 g/mol. The lowest BCUT2D eigenvalue weighted by Crippen LogP contribution is -2.34. The molecule has 1 aliphatic carbocycles. The molecule has 9 heteroatoms. The topological polar surface area (TPSA) is 104 Å². The number of carboxylic acid groups (broad SMARTS) is 1. The van der Waals surface area contributed by atoms with Crippen molar-refractivity contribution >= 4 is 69.4 Å². The summed E-state index contributed by atoms with van der Waals surface area (Å²) in [6.07, 6.45) is 4.49. The van der Waals surface area contributed by atoms with Gasteiger partial charge in [0.25, 0.3) is 0 Å². The third-order valence-electron chi connectivity index (χ3n) is 5.68. The number of carbonyl (C=O) groups excluding carboxylic acids is 3. The Labute approximate surface area is 208 Å². The number of halogens is 1. The number of hydrogen-bond acceptors (Lipinski definition) is 5. The van der Waals surface area contributed by atoms with Gasteiger partial charge in [0.1, 0.15) is 0 Å². The lowest BCUT2D eigenvalue weighted by atomic mass is 9.82. The normalized spacial score (nSPS) is 22.5. The lowest BCUT2D eigenvalue weighted by molar-refractivity contribution is -0.146. The maximum absolute atomic E-state index is 12.9. The van der Waals surface area contributed by atoms with Gasteiger partial charge in [0.05, 0.1) is 22.8 Å². The number of allylic oxidation sites excluding steroid dienone is 2. The number of amides is 3. The predicted octanol–water partition coefficient (Wildman–Crippen LogP) is 4.32. The van der Waals surface area contributed by atoms with Crippen molar-refractivity contribution in [3.05, 3.63) is 64.3 Å². The molecule has 0 unspecified atom stereocenters. The molecule has 0 saturated carbocycles. The highest BCUT2D eigenvalue weighted by Gasteiger charge is 2.40. The van der Waals surface area contributed by atoms with Crippen LogP contribution in [0, 0.1) is 15.4 Å². The van der Waals surface area contributed by atoms with E-state index < -0.39 is 23.1 Å². The minimum absolute atomic E-state index is 0.125. The molecular formula is C24H21IN2O5S. The Kier molecular flexibility index (Phi) is 7.18. The smallest absolute Gasteiger partial charge is 0.307 e. The number of hydrogen-bond donors (Lipinski definition) is 2. The van der Waals surface area contributed by atoms with Crippen LogP contribution in [0.3, 0.4) is 0 Å². The van der Waals surface area contributed by atoms with Gasteiger partial charge in [0.15, 0.2) is 0 Å². The first-order valence-electron chi connectivity index (χ1n) is 10.4. The molecule has 7 nitrogen and oxygen atoms in total. The van der Waals surface area contributed by atoms with E-state index in [2.05, 4.69) is 27.9 Å². The van der Waals surface area contributed by atoms with E-state index in [1.165, 1.54) is 16.7 Å². The van der Waals surface area contributed by atoms with Crippen LogP contribution >= 0.6 is 34.4 Å². The number of imide groups is 1. The summed E-state index contributed by atoms with van der Waals surface area (Å²) in [5.74, 6) is -3.10. The Hall–Kier alpha value is -2.66. The Morgan fingerprint density at radius 3 is 2.24 bits per heavy atom. The zero-order chi connectivity index (χ0) is 23.5. The summed E-state index contributed by atoms with van der Waals surface area (Å²) < 4.78 is 1.02. The molecule has 0 bridgehead atoms. The summed E-state index contributed by atoms with van der Waals surface area (Å²) in [6, 6.07) is 14.2. The molecule has 170 valence electrons. The van der Waals surface area contributed by atoms with Crippen molar-refractivity contribution in [2.45, 2.75) is 29.4 Å². The van der Waals surface area contributed by atoms with Crippen molar-refractivity contribution in [2.24, 2.45) is 11.8 Å². The Morgan fingerprint density at radius 1 is 0.970 bits per heavy atom. The first kappa shape index (κ1) is 23.5. The minimum atomic E-state index is -0.971. The SMILES string of the molecule is O=C(Nc1ccc(S[C@H]2CC(=O)N(c3ccc(I)cc3)C2=O)cc1)[C@H]1CC=CC[C@H]1C(=O)O. The van der Waals surface area contributed by atoms with Crippen molar-refractivity contribution in [1.82, 2.24) is 0 Å². The number of nitrogens with zero attached hydrogens (tertiary/aromatic N) is 1. The van der Waals surface area contributed by atoms with Crippen LogP contribution in [0.15, 0.2) is 65.6 Å². The predicted molar refractivity (Wildman–Crippen MR) is 134 cm³/mol. The molecule has 3 atom stereocenters. The third-order valence-corrected chi connectivity index (χ3v) is 7.59. The molecule has 0 radical (unpaired) electrons. The number of anilines is 2. The number of rotatable bonds is 6. The van der Waals surface area contributed by atoms with Crippen LogP contribution in [0.1, 0.15) is 19.3 Å². The highest BCUT2D eigenvalue weighted by molar-refractivity contribution is 14.1. The summed E-state index contributed by atoms with van der Waals surface area (Å²) >= 11 is 3.48. The van der Waals surface area contributed by atoms with Crippen LogP contribution in [0.25, 0.3) is 0 Å². The van der Waals surface area contributed by atoms with Gasteiger partial charge in [-0.25, -0.2) is 4.90 Å².